The molecule has 19 heavy (non-hydrogen) atoms. The SMILES string of the molecule is Cc1c(Cn2c(CCl)nc3cnccc32)cnn1C. The van der Waals surface area contributed by atoms with Crippen molar-refractivity contribution in [3.8, 4) is 0 Å². The van der Waals surface area contributed by atoms with E-state index in [-0.39, 0.29) is 0 Å². The van der Waals surface area contributed by atoms with Gasteiger partial charge in [0.15, 0.2) is 0 Å². The first-order chi connectivity index (χ1) is 9.20. The molecule has 0 spiro atoms. The summed E-state index contributed by atoms with van der Waals surface area (Å²) in [5, 5.41) is 4.27. The fraction of sp³-hybridized carbons (Fsp3) is 0.308. The Morgan fingerprint density at radius 1 is 1.32 bits per heavy atom. The minimum absolute atomic E-state index is 0.383. The van der Waals surface area contributed by atoms with Crippen LogP contribution in [0.4, 0.5) is 0 Å². The average molecular weight is 276 g/mol. The van der Waals surface area contributed by atoms with E-state index in [2.05, 4.69) is 26.6 Å². The molecule has 0 fully saturated rings. The molecule has 0 amide bonds. The molecule has 3 aromatic rings. The molecule has 3 heterocycles. The number of rotatable bonds is 3. The predicted molar refractivity (Wildman–Crippen MR) is 74.1 cm³/mol. The van der Waals surface area contributed by atoms with Gasteiger partial charge >= 0.3 is 0 Å². The second kappa shape index (κ2) is 4.66. The van der Waals surface area contributed by atoms with Crippen molar-refractivity contribution in [1.82, 2.24) is 24.3 Å². The Kier molecular flexibility index (Phi) is 2.98. The first kappa shape index (κ1) is 12.2. The van der Waals surface area contributed by atoms with Gasteiger partial charge in [-0.15, -0.1) is 11.6 Å². The first-order valence-corrected chi connectivity index (χ1v) is 6.56. The number of hydrogen-bond donors (Lipinski definition) is 0. The molecule has 3 aromatic heterocycles. The number of fused-ring (bicyclic) bond motifs is 1. The van der Waals surface area contributed by atoms with E-state index in [0.717, 1.165) is 29.1 Å². The molecule has 0 aliphatic carbocycles. The maximum atomic E-state index is 5.99. The van der Waals surface area contributed by atoms with Crippen molar-refractivity contribution in [3.63, 3.8) is 0 Å². The zero-order valence-corrected chi connectivity index (χ0v) is 11.6. The summed E-state index contributed by atoms with van der Waals surface area (Å²) < 4.78 is 3.99. The molecule has 0 saturated carbocycles. The zero-order chi connectivity index (χ0) is 13.4. The quantitative estimate of drug-likeness (QED) is 0.689. The van der Waals surface area contributed by atoms with Gasteiger partial charge in [-0.05, 0) is 13.0 Å². The van der Waals surface area contributed by atoms with Crippen molar-refractivity contribution in [2.75, 3.05) is 0 Å². The van der Waals surface area contributed by atoms with Gasteiger partial charge in [-0.1, -0.05) is 0 Å². The standard InChI is InChI=1S/C13H14ClN5/c1-9-10(6-16-18(9)2)8-19-12-3-4-15-7-11(12)17-13(19)5-14/h3-4,6-7H,5,8H2,1-2H3. The normalized spacial score (nSPS) is 11.3. The topological polar surface area (TPSA) is 48.5 Å². The molecule has 0 saturated heterocycles. The lowest BCUT2D eigenvalue weighted by Gasteiger charge is -2.07. The summed E-state index contributed by atoms with van der Waals surface area (Å²) in [7, 11) is 1.94. The summed E-state index contributed by atoms with van der Waals surface area (Å²) >= 11 is 5.99. The van der Waals surface area contributed by atoms with Crippen molar-refractivity contribution in [3.05, 3.63) is 41.7 Å². The Morgan fingerprint density at radius 3 is 2.84 bits per heavy atom. The molecule has 3 rings (SSSR count). The van der Waals surface area contributed by atoms with Gasteiger partial charge in [0.25, 0.3) is 0 Å². The van der Waals surface area contributed by atoms with Crippen LogP contribution >= 0.6 is 11.6 Å². The molecular formula is C13H14ClN5. The number of hydrogen-bond acceptors (Lipinski definition) is 3. The highest BCUT2D eigenvalue weighted by atomic mass is 35.5. The summed E-state index contributed by atoms with van der Waals surface area (Å²) in [5.74, 6) is 1.24. The lowest BCUT2D eigenvalue weighted by atomic mass is 10.2. The number of imidazole rings is 1. The van der Waals surface area contributed by atoms with E-state index in [0.29, 0.717) is 5.88 Å². The van der Waals surface area contributed by atoms with E-state index in [4.69, 9.17) is 11.6 Å². The highest BCUT2D eigenvalue weighted by Crippen LogP contribution is 2.19. The highest BCUT2D eigenvalue weighted by molar-refractivity contribution is 6.16. The third kappa shape index (κ3) is 2.00. The lowest BCUT2D eigenvalue weighted by molar-refractivity contribution is 0.729. The third-order valence-corrected chi connectivity index (χ3v) is 3.65. The van der Waals surface area contributed by atoms with Crippen LogP contribution in [0.2, 0.25) is 0 Å². The highest BCUT2D eigenvalue weighted by Gasteiger charge is 2.12. The van der Waals surface area contributed by atoms with Crippen molar-refractivity contribution < 1.29 is 0 Å². The molecule has 5 nitrogen and oxygen atoms in total. The minimum atomic E-state index is 0.383. The molecule has 0 N–H and O–H groups in total. The fourth-order valence-electron chi connectivity index (χ4n) is 2.18. The van der Waals surface area contributed by atoms with Crippen LogP contribution in [0.5, 0.6) is 0 Å². The monoisotopic (exact) mass is 275 g/mol. The van der Waals surface area contributed by atoms with Gasteiger partial charge in [-0.25, -0.2) is 4.98 Å². The number of halogens is 1. The molecule has 0 bridgehead atoms. The molecule has 0 aliphatic heterocycles. The van der Waals surface area contributed by atoms with Gasteiger partial charge < -0.3 is 4.57 Å². The minimum Gasteiger partial charge on any atom is -0.322 e. The Balaban J connectivity index is 2.11. The fourth-order valence-corrected chi connectivity index (χ4v) is 2.38. The second-order valence-corrected chi connectivity index (χ2v) is 4.76. The third-order valence-electron chi connectivity index (χ3n) is 3.41. The Bertz CT molecular complexity index is 728. The van der Waals surface area contributed by atoms with Crippen LogP contribution in [0.1, 0.15) is 17.1 Å². The summed E-state index contributed by atoms with van der Waals surface area (Å²) in [6.07, 6.45) is 5.42. The largest absolute Gasteiger partial charge is 0.322 e. The molecule has 0 aliphatic rings. The van der Waals surface area contributed by atoms with Crippen LogP contribution in [0, 0.1) is 6.92 Å². The molecule has 0 unspecified atom stereocenters. The molecule has 98 valence electrons. The molecule has 6 heteroatoms. The van der Waals surface area contributed by atoms with E-state index < -0.39 is 0 Å². The van der Waals surface area contributed by atoms with E-state index >= 15 is 0 Å². The summed E-state index contributed by atoms with van der Waals surface area (Å²) in [4.78, 5) is 8.60. The van der Waals surface area contributed by atoms with E-state index in [1.807, 2.05) is 24.0 Å². The molecular weight excluding hydrogens is 262 g/mol. The number of aryl methyl sites for hydroxylation is 1. The molecule has 0 atom stereocenters. The predicted octanol–water partition coefficient (Wildman–Crippen LogP) is 2.26. The van der Waals surface area contributed by atoms with Crippen LogP contribution in [-0.2, 0) is 19.5 Å². The lowest BCUT2D eigenvalue weighted by Crippen LogP contribution is -2.05. The van der Waals surface area contributed by atoms with Crippen LogP contribution in [0.3, 0.4) is 0 Å². The van der Waals surface area contributed by atoms with Gasteiger partial charge in [-0.3, -0.25) is 9.67 Å². The van der Waals surface area contributed by atoms with Crippen LogP contribution in [0.25, 0.3) is 11.0 Å². The Morgan fingerprint density at radius 2 is 2.16 bits per heavy atom. The average Bonchev–Trinajstić information content (AvgIpc) is 2.94. The molecule has 0 radical (unpaired) electrons. The summed E-state index contributed by atoms with van der Waals surface area (Å²) in [6, 6.07) is 1.96. The number of aromatic nitrogens is 5. The van der Waals surface area contributed by atoms with Crippen LogP contribution < -0.4 is 0 Å². The van der Waals surface area contributed by atoms with Gasteiger partial charge in [0, 0.05) is 24.5 Å². The number of nitrogens with zero attached hydrogens (tertiary/aromatic N) is 5. The van der Waals surface area contributed by atoms with Crippen molar-refractivity contribution in [2.45, 2.75) is 19.3 Å². The summed E-state index contributed by atoms with van der Waals surface area (Å²) in [5.41, 5.74) is 4.25. The van der Waals surface area contributed by atoms with Crippen molar-refractivity contribution >= 4 is 22.6 Å². The summed E-state index contributed by atoms with van der Waals surface area (Å²) in [6.45, 7) is 2.78. The van der Waals surface area contributed by atoms with Gasteiger partial charge in [0.2, 0.25) is 0 Å². The Hall–Kier alpha value is -1.88. The van der Waals surface area contributed by atoms with Crippen LogP contribution in [-0.4, -0.2) is 24.3 Å². The van der Waals surface area contributed by atoms with Crippen molar-refractivity contribution in [2.24, 2.45) is 7.05 Å². The maximum Gasteiger partial charge on any atom is 0.125 e. The smallest absolute Gasteiger partial charge is 0.125 e. The second-order valence-electron chi connectivity index (χ2n) is 4.49. The molecule has 0 aromatic carbocycles. The number of pyridine rings is 1. The Labute approximate surface area is 115 Å². The number of alkyl halides is 1. The van der Waals surface area contributed by atoms with Gasteiger partial charge in [0.05, 0.1) is 30.3 Å². The van der Waals surface area contributed by atoms with Gasteiger partial charge in [-0.2, -0.15) is 5.10 Å². The zero-order valence-electron chi connectivity index (χ0n) is 10.8. The van der Waals surface area contributed by atoms with E-state index in [1.165, 1.54) is 5.56 Å². The van der Waals surface area contributed by atoms with Crippen molar-refractivity contribution in [1.29, 1.82) is 0 Å². The van der Waals surface area contributed by atoms with Gasteiger partial charge in [0.1, 0.15) is 11.3 Å². The van der Waals surface area contributed by atoms with E-state index in [9.17, 15) is 0 Å². The van der Waals surface area contributed by atoms with Crippen LogP contribution in [0.15, 0.2) is 24.7 Å². The first-order valence-electron chi connectivity index (χ1n) is 6.03. The maximum absolute atomic E-state index is 5.99. The van der Waals surface area contributed by atoms with E-state index in [1.54, 1.807) is 12.4 Å².